The van der Waals surface area contributed by atoms with E-state index in [1.807, 2.05) is 19.9 Å². The minimum Gasteiger partial charge on any atom is -0.385 e. The summed E-state index contributed by atoms with van der Waals surface area (Å²) in [6, 6.07) is 0. The maximum atomic E-state index is 10.4. The highest BCUT2D eigenvalue weighted by Crippen LogP contribution is 2.41. The van der Waals surface area contributed by atoms with Crippen molar-refractivity contribution in [2.75, 3.05) is 0 Å². The van der Waals surface area contributed by atoms with Crippen molar-refractivity contribution in [1.29, 1.82) is 0 Å². The standard InChI is InChI=1S/C11H18O2/c1-3-8(2)11(12)6-9-4-5-10(7-11)13-9/h3,9-10,12H,4-7H2,1-2H3. The Morgan fingerprint density at radius 2 is 1.92 bits per heavy atom. The van der Waals surface area contributed by atoms with E-state index in [-0.39, 0.29) is 0 Å². The predicted molar refractivity (Wildman–Crippen MR) is 51.5 cm³/mol. The first-order chi connectivity index (χ1) is 6.14. The second-order valence-electron chi connectivity index (χ2n) is 4.37. The summed E-state index contributed by atoms with van der Waals surface area (Å²) in [7, 11) is 0. The number of allylic oxidation sites excluding steroid dienone is 1. The van der Waals surface area contributed by atoms with Crippen LogP contribution < -0.4 is 0 Å². The van der Waals surface area contributed by atoms with E-state index in [4.69, 9.17) is 4.74 Å². The van der Waals surface area contributed by atoms with Gasteiger partial charge in [0.15, 0.2) is 0 Å². The third-order valence-corrected chi connectivity index (χ3v) is 3.49. The molecule has 2 rings (SSSR count). The Bertz CT molecular complexity index is 220. The molecule has 2 atom stereocenters. The van der Waals surface area contributed by atoms with Crippen molar-refractivity contribution >= 4 is 0 Å². The Labute approximate surface area is 79.6 Å². The molecule has 2 bridgehead atoms. The normalized spacial score (nSPS) is 45.3. The van der Waals surface area contributed by atoms with Gasteiger partial charge in [-0.25, -0.2) is 0 Å². The summed E-state index contributed by atoms with van der Waals surface area (Å²) in [5.41, 5.74) is 0.534. The van der Waals surface area contributed by atoms with Crippen LogP contribution in [0, 0.1) is 0 Å². The lowest BCUT2D eigenvalue weighted by Crippen LogP contribution is -2.41. The third kappa shape index (κ3) is 1.53. The number of hydrogen-bond donors (Lipinski definition) is 1. The molecular formula is C11H18O2. The van der Waals surface area contributed by atoms with E-state index in [1.54, 1.807) is 0 Å². The monoisotopic (exact) mass is 182 g/mol. The maximum Gasteiger partial charge on any atom is 0.0903 e. The van der Waals surface area contributed by atoms with Gasteiger partial charge in [0.1, 0.15) is 0 Å². The van der Waals surface area contributed by atoms with Gasteiger partial charge in [0.05, 0.1) is 17.8 Å². The summed E-state index contributed by atoms with van der Waals surface area (Å²) in [5.74, 6) is 0. The first-order valence-corrected chi connectivity index (χ1v) is 5.15. The van der Waals surface area contributed by atoms with Gasteiger partial charge in [0.25, 0.3) is 0 Å². The Balaban J connectivity index is 2.16. The fourth-order valence-corrected chi connectivity index (χ4v) is 2.51. The van der Waals surface area contributed by atoms with Gasteiger partial charge < -0.3 is 9.84 Å². The van der Waals surface area contributed by atoms with Crippen LogP contribution in [0.5, 0.6) is 0 Å². The molecule has 0 saturated carbocycles. The summed E-state index contributed by atoms with van der Waals surface area (Å²) in [4.78, 5) is 0. The zero-order chi connectivity index (χ0) is 9.47. The number of rotatable bonds is 1. The van der Waals surface area contributed by atoms with Crippen LogP contribution in [0.1, 0.15) is 39.5 Å². The van der Waals surface area contributed by atoms with Crippen LogP contribution in [0.4, 0.5) is 0 Å². The number of aliphatic hydroxyl groups is 1. The zero-order valence-corrected chi connectivity index (χ0v) is 8.42. The van der Waals surface area contributed by atoms with Crippen LogP contribution in [-0.4, -0.2) is 22.9 Å². The second kappa shape index (κ2) is 3.10. The molecule has 0 aliphatic carbocycles. The quantitative estimate of drug-likeness (QED) is 0.629. The first-order valence-electron chi connectivity index (χ1n) is 5.15. The van der Waals surface area contributed by atoms with Crippen LogP contribution in [0.3, 0.4) is 0 Å². The molecule has 0 aromatic heterocycles. The van der Waals surface area contributed by atoms with Gasteiger partial charge in [-0.05, 0) is 32.3 Å². The van der Waals surface area contributed by atoms with Crippen LogP contribution in [0.2, 0.25) is 0 Å². The van der Waals surface area contributed by atoms with Crippen LogP contribution in [0.15, 0.2) is 11.6 Å². The summed E-state index contributed by atoms with van der Waals surface area (Å²) >= 11 is 0. The molecular weight excluding hydrogens is 164 g/mol. The molecule has 2 saturated heterocycles. The SMILES string of the molecule is CC=C(C)C1(O)CC2CCC(C1)O2. The molecule has 2 fully saturated rings. The van der Waals surface area contributed by atoms with E-state index in [2.05, 4.69) is 0 Å². The molecule has 0 aromatic rings. The first kappa shape index (κ1) is 9.22. The van der Waals surface area contributed by atoms with Crippen molar-refractivity contribution in [3.05, 3.63) is 11.6 Å². The average molecular weight is 182 g/mol. The van der Waals surface area contributed by atoms with Crippen molar-refractivity contribution in [1.82, 2.24) is 0 Å². The Hall–Kier alpha value is -0.340. The molecule has 2 aliphatic rings. The van der Waals surface area contributed by atoms with E-state index >= 15 is 0 Å². The molecule has 1 N–H and O–H groups in total. The zero-order valence-electron chi connectivity index (χ0n) is 8.42. The van der Waals surface area contributed by atoms with Crippen molar-refractivity contribution < 1.29 is 9.84 Å². The molecule has 13 heavy (non-hydrogen) atoms. The molecule has 0 aromatic carbocycles. The maximum absolute atomic E-state index is 10.4. The van der Waals surface area contributed by atoms with Crippen molar-refractivity contribution in [2.45, 2.75) is 57.3 Å². The van der Waals surface area contributed by atoms with Crippen molar-refractivity contribution in [3.8, 4) is 0 Å². The summed E-state index contributed by atoms with van der Waals surface area (Å²) < 4.78 is 5.70. The topological polar surface area (TPSA) is 29.5 Å². The number of ether oxygens (including phenoxy) is 1. The van der Waals surface area contributed by atoms with Gasteiger partial charge >= 0.3 is 0 Å². The van der Waals surface area contributed by atoms with Gasteiger partial charge in [0, 0.05) is 12.8 Å². The van der Waals surface area contributed by atoms with Crippen molar-refractivity contribution in [3.63, 3.8) is 0 Å². The fraction of sp³-hybridized carbons (Fsp3) is 0.818. The molecule has 2 aliphatic heterocycles. The minimum atomic E-state index is -0.571. The summed E-state index contributed by atoms with van der Waals surface area (Å²) in [6.45, 7) is 4.01. The van der Waals surface area contributed by atoms with Crippen LogP contribution in [-0.2, 0) is 4.74 Å². The molecule has 0 radical (unpaired) electrons. The van der Waals surface area contributed by atoms with E-state index in [9.17, 15) is 5.11 Å². The largest absolute Gasteiger partial charge is 0.385 e. The number of hydrogen-bond acceptors (Lipinski definition) is 2. The highest BCUT2D eigenvalue weighted by molar-refractivity contribution is 5.16. The van der Waals surface area contributed by atoms with Gasteiger partial charge in [-0.2, -0.15) is 0 Å². The predicted octanol–water partition coefficient (Wildman–Crippen LogP) is 2.03. The lowest BCUT2D eigenvalue weighted by Gasteiger charge is -2.37. The van der Waals surface area contributed by atoms with E-state index in [1.165, 1.54) is 0 Å². The minimum absolute atomic E-state index is 0.304. The summed E-state index contributed by atoms with van der Waals surface area (Å²) in [5, 5.41) is 10.4. The highest BCUT2D eigenvalue weighted by atomic mass is 16.5. The molecule has 74 valence electrons. The molecule has 0 amide bonds. The van der Waals surface area contributed by atoms with Gasteiger partial charge in [0.2, 0.25) is 0 Å². The molecule has 2 heterocycles. The average Bonchev–Trinajstić information content (AvgIpc) is 2.44. The molecule has 2 unspecified atom stereocenters. The third-order valence-electron chi connectivity index (χ3n) is 3.49. The highest BCUT2D eigenvalue weighted by Gasteiger charge is 2.44. The van der Waals surface area contributed by atoms with Crippen molar-refractivity contribution in [2.24, 2.45) is 0 Å². The van der Waals surface area contributed by atoms with Crippen LogP contribution in [0.25, 0.3) is 0 Å². The van der Waals surface area contributed by atoms with Gasteiger partial charge in [-0.15, -0.1) is 0 Å². The van der Waals surface area contributed by atoms with Gasteiger partial charge in [-0.3, -0.25) is 0 Å². The fourth-order valence-electron chi connectivity index (χ4n) is 2.51. The lowest BCUT2D eigenvalue weighted by molar-refractivity contribution is -0.0922. The Morgan fingerprint density at radius 3 is 2.38 bits per heavy atom. The molecule has 2 nitrogen and oxygen atoms in total. The van der Waals surface area contributed by atoms with E-state index < -0.39 is 5.60 Å². The number of fused-ring (bicyclic) bond motifs is 2. The molecule has 2 heteroatoms. The second-order valence-corrected chi connectivity index (χ2v) is 4.37. The Morgan fingerprint density at radius 1 is 1.38 bits per heavy atom. The van der Waals surface area contributed by atoms with Gasteiger partial charge in [-0.1, -0.05) is 6.08 Å². The van der Waals surface area contributed by atoms with E-state index in [0.29, 0.717) is 12.2 Å². The van der Waals surface area contributed by atoms with Crippen LogP contribution >= 0.6 is 0 Å². The molecule has 0 spiro atoms. The van der Waals surface area contributed by atoms with E-state index in [0.717, 1.165) is 31.3 Å². The lowest BCUT2D eigenvalue weighted by atomic mass is 9.84. The summed E-state index contributed by atoms with van der Waals surface area (Å²) in [6.07, 6.45) is 6.47. The smallest absolute Gasteiger partial charge is 0.0903 e. The Kier molecular flexibility index (Phi) is 2.20.